The number of carbonyl (C=O) groups is 2. The number of rotatable bonds is 3. The van der Waals surface area contributed by atoms with Gasteiger partial charge in [-0.15, -0.1) is 0 Å². The van der Waals surface area contributed by atoms with Crippen molar-refractivity contribution in [3.63, 3.8) is 0 Å². The van der Waals surface area contributed by atoms with Gasteiger partial charge in [-0.2, -0.15) is 0 Å². The van der Waals surface area contributed by atoms with Crippen molar-refractivity contribution in [2.45, 2.75) is 25.4 Å². The van der Waals surface area contributed by atoms with Crippen molar-refractivity contribution < 1.29 is 14.3 Å². The zero-order chi connectivity index (χ0) is 15.9. The number of benzene rings is 1. The molecule has 1 aliphatic heterocycles. The van der Waals surface area contributed by atoms with Gasteiger partial charge in [0.2, 0.25) is 0 Å². The average molecular weight is 305 g/mol. The maximum atomic E-state index is 12.2. The molecule has 1 aromatic rings. The molecule has 1 saturated heterocycles. The number of nitrogens with one attached hydrogen (secondary N) is 1. The van der Waals surface area contributed by atoms with Crippen molar-refractivity contribution in [3.05, 3.63) is 35.9 Å². The van der Waals surface area contributed by atoms with E-state index in [1.807, 2.05) is 30.3 Å². The van der Waals surface area contributed by atoms with Crippen LogP contribution in [0, 0.1) is 0 Å². The molecule has 0 aliphatic carbocycles. The molecule has 0 bridgehead atoms. The fraction of sp³-hybridized carbons (Fsp3) is 0.500. The van der Waals surface area contributed by atoms with Crippen LogP contribution < -0.4 is 5.32 Å². The summed E-state index contributed by atoms with van der Waals surface area (Å²) in [6.07, 6.45) is 1.40. The van der Waals surface area contributed by atoms with Crippen LogP contribution in [0.1, 0.15) is 18.4 Å². The number of nitrogens with zero attached hydrogens (tertiary/aromatic N) is 2. The first-order chi connectivity index (χ1) is 10.6. The lowest BCUT2D eigenvalue weighted by Crippen LogP contribution is -2.52. The number of hydrogen-bond donors (Lipinski definition) is 1. The zero-order valence-electron chi connectivity index (χ0n) is 13.1. The number of carbonyl (C=O) groups excluding carboxylic acids is 2. The van der Waals surface area contributed by atoms with Gasteiger partial charge >= 0.3 is 12.1 Å². The smallest absolute Gasteiger partial charge is 0.409 e. The van der Waals surface area contributed by atoms with Crippen LogP contribution in [0.3, 0.4) is 0 Å². The van der Waals surface area contributed by atoms with Gasteiger partial charge in [0.25, 0.3) is 0 Å². The predicted octanol–water partition coefficient (Wildman–Crippen LogP) is 2.06. The highest BCUT2D eigenvalue weighted by atomic mass is 16.5. The summed E-state index contributed by atoms with van der Waals surface area (Å²) in [6.45, 7) is 1.73. The van der Waals surface area contributed by atoms with Crippen LogP contribution in [0.2, 0.25) is 0 Å². The number of hydrogen-bond acceptors (Lipinski definition) is 3. The lowest BCUT2D eigenvalue weighted by molar-refractivity contribution is 0.107. The maximum absolute atomic E-state index is 12.2. The summed E-state index contributed by atoms with van der Waals surface area (Å²) in [5.74, 6) is 0. The molecule has 1 heterocycles. The molecule has 0 radical (unpaired) electrons. The van der Waals surface area contributed by atoms with E-state index in [2.05, 4.69) is 5.32 Å². The van der Waals surface area contributed by atoms with Crippen molar-refractivity contribution in [3.8, 4) is 0 Å². The number of amides is 3. The monoisotopic (exact) mass is 305 g/mol. The second-order valence-electron chi connectivity index (χ2n) is 5.55. The van der Waals surface area contributed by atoms with Gasteiger partial charge < -0.3 is 19.9 Å². The second kappa shape index (κ2) is 7.68. The topological polar surface area (TPSA) is 61.9 Å². The molecule has 0 saturated carbocycles. The Morgan fingerprint density at radius 1 is 1.36 bits per heavy atom. The molecule has 6 nitrogen and oxygen atoms in total. The molecular formula is C16H23N3O3. The van der Waals surface area contributed by atoms with E-state index in [4.69, 9.17) is 4.74 Å². The van der Waals surface area contributed by atoms with Crippen LogP contribution in [0.15, 0.2) is 30.3 Å². The summed E-state index contributed by atoms with van der Waals surface area (Å²) in [7, 11) is 3.14. The molecule has 120 valence electrons. The molecule has 1 fully saturated rings. The SMILES string of the molecule is COC(=O)N1CCC[C@@H](NC(=O)N(C)Cc2ccccc2)C1. The van der Waals surface area contributed by atoms with Crippen molar-refractivity contribution in [2.24, 2.45) is 0 Å². The molecule has 1 aliphatic rings. The molecule has 3 amide bonds. The van der Waals surface area contributed by atoms with Crippen molar-refractivity contribution in [2.75, 3.05) is 27.2 Å². The number of methoxy groups -OCH3 is 1. The quantitative estimate of drug-likeness (QED) is 0.930. The number of piperidine rings is 1. The maximum Gasteiger partial charge on any atom is 0.409 e. The summed E-state index contributed by atoms with van der Waals surface area (Å²) in [6, 6.07) is 9.69. The first-order valence-electron chi connectivity index (χ1n) is 7.48. The van der Waals surface area contributed by atoms with Crippen LogP contribution in [0.4, 0.5) is 9.59 Å². The van der Waals surface area contributed by atoms with Gasteiger partial charge in [0.15, 0.2) is 0 Å². The summed E-state index contributed by atoms with van der Waals surface area (Å²) in [5.41, 5.74) is 1.08. The summed E-state index contributed by atoms with van der Waals surface area (Å²) in [4.78, 5) is 27.1. The predicted molar refractivity (Wildman–Crippen MR) is 83.4 cm³/mol. The van der Waals surface area contributed by atoms with Crippen molar-refractivity contribution >= 4 is 12.1 Å². The molecular weight excluding hydrogens is 282 g/mol. The molecule has 0 aromatic heterocycles. The normalized spacial score (nSPS) is 17.7. The third-order valence-electron chi connectivity index (χ3n) is 3.79. The third-order valence-corrected chi connectivity index (χ3v) is 3.79. The average Bonchev–Trinajstić information content (AvgIpc) is 2.55. The molecule has 1 N–H and O–H groups in total. The minimum atomic E-state index is -0.336. The van der Waals surface area contributed by atoms with Gasteiger partial charge in [0.1, 0.15) is 0 Å². The van der Waals surface area contributed by atoms with E-state index in [0.29, 0.717) is 19.6 Å². The highest BCUT2D eigenvalue weighted by molar-refractivity contribution is 5.74. The van der Waals surface area contributed by atoms with E-state index in [9.17, 15) is 9.59 Å². The highest BCUT2D eigenvalue weighted by Gasteiger charge is 2.25. The van der Waals surface area contributed by atoms with Crippen molar-refractivity contribution in [1.29, 1.82) is 0 Å². The third kappa shape index (κ3) is 4.38. The Hall–Kier alpha value is -2.24. The number of urea groups is 1. The Balaban J connectivity index is 1.84. The van der Waals surface area contributed by atoms with E-state index < -0.39 is 0 Å². The van der Waals surface area contributed by atoms with Gasteiger partial charge in [-0.25, -0.2) is 9.59 Å². The second-order valence-corrected chi connectivity index (χ2v) is 5.55. The Morgan fingerprint density at radius 3 is 2.77 bits per heavy atom. The fourth-order valence-electron chi connectivity index (χ4n) is 2.60. The van der Waals surface area contributed by atoms with E-state index in [1.165, 1.54) is 7.11 Å². The lowest BCUT2D eigenvalue weighted by Gasteiger charge is -2.33. The highest BCUT2D eigenvalue weighted by Crippen LogP contribution is 2.12. The molecule has 22 heavy (non-hydrogen) atoms. The largest absolute Gasteiger partial charge is 0.453 e. The van der Waals surface area contributed by atoms with Gasteiger partial charge in [0.05, 0.1) is 7.11 Å². The molecule has 0 unspecified atom stereocenters. The number of ether oxygens (including phenoxy) is 1. The first kappa shape index (κ1) is 16.1. The van der Waals surface area contributed by atoms with Crippen LogP contribution in [-0.4, -0.2) is 55.2 Å². The minimum Gasteiger partial charge on any atom is -0.453 e. The van der Waals surface area contributed by atoms with Crippen LogP contribution >= 0.6 is 0 Å². The van der Waals surface area contributed by atoms with Crippen molar-refractivity contribution in [1.82, 2.24) is 15.1 Å². The molecule has 1 atom stereocenters. The van der Waals surface area contributed by atoms with E-state index in [0.717, 1.165) is 18.4 Å². The van der Waals surface area contributed by atoms with Crippen LogP contribution in [0.5, 0.6) is 0 Å². The summed E-state index contributed by atoms with van der Waals surface area (Å²) in [5, 5.41) is 2.99. The summed E-state index contributed by atoms with van der Waals surface area (Å²) >= 11 is 0. The van der Waals surface area contributed by atoms with Gasteiger partial charge in [-0.05, 0) is 18.4 Å². The van der Waals surface area contributed by atoms with E-state index in [-0.39, 0.29) is 18.2 Å². The lowest BCUT2D eigenvalue weighted by atomic mass is 10.1. The first-order valence-corrected chi connectivity index (χ1v) is 7.48. The number of likely N-dealkylation sites (tertiary alicyclic amines) is 1. The Kier molecular flexibility index (Phi) is 5.63. The fourth-order valence-corrected chi connectivity index (χ4v) is 2.60. The standard InChI is InChI=1S/C16H23N3O3/c1-18(11-13-7-4-3-5-8-13)15(20)17-14-9-6-10-19(12-14)16(21)22-2/h3-5,7-8,14H,6,9-12H2,1-2H3,(H,17,20)/t14-/m1/s1. The molecule has 0 spiro atoms. The molecule has 2 rings (SSSR count). The minimum absolute atomic E-state index is 0.0291. The van der Waals surface area contributed by atoms with Gasteiger partial charge in [-0.1, -0.05) is 30.3 Å². The van der Waals surface area contributed by atoms with E-state index >= 15 is 0 Å². The van der Waals surface area contributed by atoms with Gasteiger partial charge in [0, 0.05) is 32.7 Å². The Morgan fingerprint density at radius 2 is 2.09 bits per heavy atom. The zero-order valence-corrected chi connectivity index (χ0v) is 13.1. The van der Waals surface area contributed by atoms with Gasteiger partial charge in [-0.3, -0.25) is 0 Å². The van der Waals surface area contributed by atoms with E-state index in [1.54, 1.807) is 16.8 Å². The van der Waals surface area contributed by atoms with Crippen LogP contribution in [0.25, 0.3) is 0 Å². The Labute approximate surface area is 131 Å². The Bertz CT molecular complexity index is 507. The molecule has 6 heteroatoms. The summed E-state index contributed by atoms with van der Waals surface area (Å²) < 4.78 is 4.73. The molecule has 1 aromatic carbocycles. The van der Waals surface area contributed by atoms with Crippen LogP contribution in [-0.2, 0) is 11.3 Å².